The van der Waals surface area contributed by atoms with Gasteiger partial charge in [-0.25, -0.2) is 5.43 Å². The molecule has 1 N–H and O–H groups in total. The SMILES string of the molecule is COc1cc2ccccc2cc1C(=O)NN=Cc1cccn1-c1ccccc1C. The molecule has 0 bridgehead atoms. The van der Waals surface area contributed by atoms with Crippen LogP contribution in [0.5, 0.6) is 5.75 Å². The predicted molar refractivity (Wildman–Crippen MR) is 116 cm³/mol. The maximum Gasteiger partial charge on any atom is 0.275 e. The second kappa shape index (κ2) is 8.02. The van der Waals surface area contributed by atoms with Gasteiger partial charge in [-0.3, -0.25) is 4.79 Å². The van der Waals surface area contributed by atoms with Crippen molar-refractivity contribution in [3.05, 3.63) is 95.8 Å². The van der Waals surface area contributed by atoms with E-state index in [4.69, 9.17) is 4.74 Å². The number of hydrogen-bond acceptors (Lipinski definition) is 3. The van der Waals surface area contributed by atoms with Crippen LogP contribution in [-0.2, 0) is 0 Å². The highest BCUT2D eigenvalue weighted by atomic mass is 16.5. The molecule has 0 saturated heterocycles. The molecule has 1 amide bonds. The molecule has 0 aliphatic heterocycles. The average molecular weight is 383 g/mol. The minimum Gasteiger partial charge on any atom is -0.496 e. The lowest BCUT2D eigenvalue weighted by molar-refractivity contribution is 0.0952. The van der Waals surface area contributed by atoms with E-state index in [0.717, 1.165) is 27.7 Å². The summed E-state index contributed by atoms with van der Waals surface area (Å²) in [6, 6.07) is 23.5. The van der Waals surface area contributed by atoms with Crippen molar-refractivity contribution in [1.82, 2.24) is 9.99 Å². The number of carbonyl (C=O) groups is 1. The zero-order valence-electron chi connectivity index (χ0n) is 16.3. The van der Waals surface area contributed by atoms with Crippen LogP contribution < -0.4 is 10.2 Å². The molecule has 29 heavy (non-hydrogen) atoms. The van der Waals surface area contributed by atoms with Gasteiger partial charge < -0.3 is 9.30 Å². The number of hydrazone groups is 1. The molecule has 0 radical (unpaired) electrons. The lowest BCUT2D eigenvalue weighted by Gasteiger charge is -2.10. The molecule has 5 heteroatoms. The summed E-state index contributed by atoms with van der Waals surface area (Å²) in [6.07, 6.45) is 3.61. The fourth-order valence-corrected chi connectivity index (χ4v) is 3.34. The number of methoxy groups -OCH3 is 1. The molecular formula is C24H21N3O2. The van der Waals surface area contributed by atoms with Crippen LogP contribution in [0.25, 0.3) is 16.5 Å². The molecule has 5 nitrogen and oxygen atoms in total. The third-order valence-electron chi connectivity index (χ3n) is 4.83. The number of nitrogens with one attached hydrogen (secondary N) is 1. The first-order chi connectivity index (χ1) is 14.2. The summed E-state index contributed by atoms with van der Waals surface area (Å²) >= 11 is 0. The van der Waals surface area contributed by atoms with E-state index in [0.29, 0.717) is 11.3 Å². The fraction of sp³-hybridized carbons (Fsp3) is 0.0833. The Hall–Kier alpha value is -3.86. The van der Waals surface area contributed by atoms with Crippen molar-refractivity contribution in [2.45, 2.75) is 6.92 Å². The molecule has 3 aromatic carbocycles. The van der Waals surface area contributed by atoms with Crippen LogP contribution in [0.2, 0.25) is 0 Å². The van der Waals surface area contributed by atoms with Gasteiger partial charge in [0.1, 0.15) is 5.75 Å². The van der Waals surface area contributed by atoms with Gasteiger partial charge in [0.2, 0.25) is 0 Å². The summed E-state index contributed by atoms with van der Waals surface area (Å²) in [5.74, 6) is 0.192. The molecule has 0 fully saturated rings. The molecule has 4 rings (SSSR count). The summed E-state index contributed by atoms with van der Waals surface area (Å²) in [4.78, 5) is 12.7. The highest BCUT2D eigenvalue weighted by Gasteiger charge is 2.13. The zero-order valence-corrected chi connectivity index (χ0v) is 16.3. The summed E-state index contributed by atoms with van der Waals surface area (Å²) in [7, 11) is 1.55. The number of rotatable bonds is 5. The van der Waals surface area contributed by atoms with Gasteiger partial charge in [0, 0.05) is 11.9 Å². The number of hydrogen-bond donors (Lipinski definition) is 1. The van der Waals surface area contributed by atoms with Crippen molar-refractivity contribution in [1.29, 1.82) is 0 Å². The van der Waals surface area contributed by atoms with Gasteiger partial charge in [-0.15, -0.1) is 0 Å². The van der Waals surface area contributed by atoms with Gasteiger partial charge in [-0.1, -0.05) is 42.5 Å². The van der Waals surface area contributed by atoms with Gasteiger partial charge in [-0.2, -0.15) is 5.10 Å². The topological polar surface area (TPSA) is 55.6 Å². The molecule has 0 aliphatic carbocycles. The molecule has 0 aliphatic rings. The highest BCUT2D eigenvalue weighted by molar-refractivity contribution is 6.01. The predicted octanol–water partition coefficient (Wildman–Crippen LogP) is 4.71. The first-order valence-corrected chi connectivity index (χ1v) is 9.31. The minimum atomic E-state index is -0.321. The molecule has 0 atom stereocenters. The largest absolute Gasteiger partial charge is 0.496 e. The highest BCUT2D eigenvalue weighted by Crippen LogP contribution is 2.26. The number of fused-ring (bicyclic) bond motifs is 1. The van der Waals surface area contributed by atoms with Gasteiger partial charge in [0.25, 0.3) is 5.91 Å². The van der Waals surface area contributed by atoms with Crippen molar-refractivity contribution in [3.8, 4) is 11.4 Å². The first-order valence-electron chi connectivity index (χ1n) is 9.31. The Bertz CT molecular complexity index is 1210. The zero-order chi connectivity index (χ0) is 20.2. The van der Waals surface area contributed by atoms with Crippen LogP contribution in [0.1, 0.15) is 21.6 Å². The average Bonchev–Trinajstić information content (AvgIpc) is 3.21. The number of aromatic nitrogens is 1. The lowest BCUT2D eigenvalue weighted by Crippen LogP contribution is -2.18. The van der Waals surface area contributed by atoms with Gasteiger partial charge >= 0.3 is 0 Å². The molecule has 0 unspecified atom stereocenters. The van der Waals surface area contributed by atoms with Gasteiger partial charge in [-0.05, 0) is 53.6 Å². The van der Waals surface area contributed by atoms with E-state index >= 15 is 0 Å². The van der Waals surface area contributed by atoms with E-state index in [1.165, 1.54) is 0 Å². The van der Waals surface area contributed by atoms with Crippen LogP contribution in [-0.4, -0.2) is 23.8 Å². The van der Waals surface area contributed by atoms with Crippen molar-refractivity contribution in [2.75, 3.05) is 7.11 Å². The van der Waals surface area contributed by atoms with Crippen LogP contribution in [0, 0.1) is 6.92 Å². The molecular weight excluding hydrogens is 362 g/mol. The smallest absolute Gasteiger partial charge is 0.275 e. The number of aryl methyl sites for hydroxylation is 1. The Balaban J connectivity index is 1.57. The molecule has 0 spiro atoms. The second-order valence-electron chi connectivity index (χ2n) is 6.69. The third kappa shape index (κ3) is 3.75. The number of amides is 1. The number of para-hydroxylation sites is 1. The van der Waals surface area contributed by atoms with Gasteiger partial charge in [0.05, 0.1) is 24.6 Å². The Labute approximate surface area is 169 Å². The Morgan fingerprint density at radius 3 is 2.48 bits per heavy atom. The number of carbonyl (C=O) groups excluding carboxylic acids is 1. The van der Waals surface area contributed by atoms with Crippen LogP contribution in [0.4, 0.5) is 0 Å². The summed E-state index contributed by atoms with van der Waals surface area (Å²) in [6.45, 7) is 2.06. The van der Waals surface area contributed by atoms with E-state index in [-0.39, 0.29) is 5.91 Å². The van der Waals surface area contributed by atoms with Crippen molar-refractivity contribution >= 4 is 22.9 Å². The normalized spacial score (nSPS) is 11.1. The van der Waals surface area contributed by atoms with E-state index in [1.807, 2.05) is 77.5 Å². The van der Waals surface area contributed by atoms with E-state index in [1.54, 1.807) is 13.3 Å². The summed E-state index contributed by atoms with van der Waals surface area (Å²) in [5, 5.41) is 6.14. The maximum atomic E-state index is 12.7. The standard InChI is InChI=1S/C24H21N3O2/c1-17-8-3-6-12-22(17)27-13-7-11-20(27)16-25-26-24(28)21-14-18-9-4-5-10-19(18)15-23(21)29-2/h3-16H,1-2H3,(H,26,28). The Morgan fingerprint density at radius 2 is 1.72 bits per heavy atom. The molecule has 1 aromatic heterocycles. The second-order valence-corrected chi connectivity index (χ2v) is 6.69. The summed E-state index contributed by atoms with van der Waals surface area (Å²) in [5.41, 5.74) is 6.14. The fourth-order valence-electron chi connectivity index (χ4n) is 3.34. The number of nitrogens with zero attached hydrogens (tertiary/aromatic N) is 2. The van der Waals surface area contributed by atoms with Crippen LogP contribution >= 0.6 is 0 Å². The van der Waals surface area contributed by atoms with Crippen molar-refractivity contribution < 1.29 is 9.53 Å². The lowest BCUT2D eigenvalue weighted by atomic mass is 10.1. The van der Waals surface area contributed by atoms with E-state index in [9.17, 15) is 4.79 Å². The molecule has 144 valence electrons. The van der Waals surface area contributed by atoms with Crippen molar-refractivity contribution in [3.63, 3.8) is 0 Å². The maximum absolute atomic E-state index is 12.7. The first kappa shape index (κ1) is 18.5. The molecule has 4 aromatic rings. The van der Waals surface area contributed by atoms with Crippen LogP contribution in [0.15, 0.2) is 84.1 Å². The number of ether oxygens (including phenoxy) is 1. The monoisotopic (exact) mass is 383 g/mol. The Morgan fingerprint density at radius 1 is 1.00 bits per heavy atom. The van der Waals surface area contributed by atoms with E-state index in [2.05, 4.69) is 23.5 Å². The molecule has 1 heterocycles. The third-order valence-corrected chi connectivity index (χ3v) is 4.83. The van der Waals surface area contributed by atoms with E-state index < -0.39 is 0 Å². The van der Waals surface area contributed by atoms with Crippen molar-refractivity contribution in [2.24, 2.45) is 5.10 Å². The van der Waals surface area contributed by atoms with Gasteiger partial charge in [0.15, 0.2) is 0 Å². The molecule has 0 saturated carbocycles. The Kier molecular flexibility index (Phi) is 5.12. The quantitative estimate of drug-likeness (QED) is 0.401. The minimum absolute atomic E-state index is 0.321. The number of benzene rings is 3. The summed E-state index contributed by atoms with van der Waals surface area (Å²) < 4.78 is 7.43. The van der Waals surface area contributed by atoms with Crippen LogP contribution in [0.3, 0.4) is 0 Å².